The van der Waals surface area contributed by atoms with Gasteiger partial charge in [0.25, 0.3) is 0 Å². The van der Waals surface area contributed by atoms with Gasteiger partial charge in [-0.15, -0.1) is 11.3 Å². The Kier molecular flexibility index (Phi) is 6.33. The Hall–Kier alpha value is -1.47. The molecule has 1 aliphatic rings. The van der Waals surface area contributed by atoms with Crippen LogP contribution in [0.5, 0.6) is 0 Å². The summed E-state index contributed by atoms with van der Waals surface area (Å²) in [5.74, 6) is -0.303. The molecule has 2 heterocycles. The van der Waals surface area contributed by atoms with Gasteiger partial charge in [-0.3, -0.25) is 9.69 Å². The van der Waals surface area contributed by atoms with E-state index in [1.807, 2.05) is 7.05 Å². The van der Waals surface area contributed by atoms with Crippen LogP contribution in [-0.2, 0) is 16.0 Å². The van der Waals surface area contributed by atoms with Gasteiger partial charge in [0, 0.05) is 18.3 Å². The second-order valence-electron chi connectivity index (χ2n) is 5.38. The number of hydrogen-bond donors (Lipinski definition) is 1. The van der Waals surface area contributed by atoms with Crippen LogP contribution in [0.1, 0.15) is 41.7 Å². The highest BCUT2D eigenvalue weighted by Gasteiger charge is 2.25. The van der Waals surface area contributed by atoms with Crippen molar-refractivity contribution < 1.29 is 14.3 Å². The molecule has 0 radical (unpaired) electrons. The van der Waals surface area contributed by atoms with E-state index in [1.54, 1.807) is 12.3 Å². The molecule has 1 amide bonds. The average Bonchev–Trinajstić information content (AvgIpc) is 2.97. The molecular formula is C15H23N3O3S. The molecule has 1 saturated heterocycles. The number of likely N-dealkylation sites (tertiary alicyclic amines) is 1. The molecule has 0 bridgehead atoms. The fraction of sp³-hybridized carbons (Fsp3) is 0.667. The van der Waals surface area contributed by atoms with Crippen LogP contribution >= 0.6 is 11.3 Å². The van der Waals surface area contributed by atoms with Crippen molar-refractivity contribution in [1.29, 1.82) is 0 Å². The van der Waals surface area contributed by atoms with Crippen LogP contribution in [-0.4, -0.2) is 54.5 Å². The van der Waals surface area contributed by atoms with Gasteiger partial charge >= 0.3 is 5.97 Å². The number of piperidine rings is 1. The Morgan fingerprint density at radius 2 is 2.32 bits per heavy atom. The fourth-order valence-electron chi connectivity index (χ4n) is 2.54. The first-order valence-electron chi connectivity index (χ1n) is 7.71. The highest BCUT2D eigenvalue weighted by Crippen LogP contribution is 2.15. The van der Waals surface area contributed by atoms with Crippen molar-refractivity contribution in [2.45, 2.75) is 38.6 Å². The van der Waals surface area contributed by atoms with Gasteiger partial charge in [0.15, 0.2) is 5.69 Å². The SMILES string of the molecule is CCOC(=O)c1csc(CCNC(=O)[C@H]2CCCCN2C)n1. The standard InChI is InChI=1S/C15H23N3O3S/c1-3-21-15(20)11-10-22-13(17-11)7-8-16-14(19)12-6-4-5-9-18(12)2/h10,12H,3-9H2,1-2H3,(H,16,19)/t12-/m1/s1. The maximum absolute atomic E-state index is 12.2. The summed E-state index contributed by atoms with van der Waals surface area (Å²) in [6.07, 6.45) is 3.83. The minimum absolute atomic E-state index is 0.0138. The van der Waals surface area contributed by atoms with Crippen molar-refractivity contribution in [2.75, 3.05) is 26.7 Å². The van der Waals surface area contributed by atoms with Crippen LogP contribution in [0.15, 0.2) is 5.38 Å². The number of aromatic nitrogens is 1. The third kappa shape index (κ3) is 4.51. The fourth-order valence-corrected chi connectivity index (χ4v) is 3.31. The number of ether oxygens (including phenoxy) is 1. The van der Waals surface area contributed by atoms with E-state index >= 15 is 0 Å². The van der Waals surface area contributed by atoms with Gasteiger partial charge in [0.2, 0.25) is 5.91 Å². The van der Waals surface area contributed by atoms with Crippen LogP contribution in [0.25, 0.3) is 0 Å². The number of amides is 1. The van der Waals surface area contributed by atoms with Crippen molar-refractivity contribution >= 4 is 23.2 Å². The molecular weight excluding hydrogens is 302 g/mol. The molecule has 0 unspecified atom stereocenters. The van der Waals surface area contributed by atoms with Gasteiger partial charge in [-0.2, -0.15) is 0 Å². The van der Waals surface area contributed by atoms with Crippen molar-refractivity contribution in [1.82, 2.24) is 15.2 Å². The topological polar surface area (TPSA) is 71.5 Å². The second kappa shape index (κ2) is 8.24. The summed E-state index contributed by atoms with van der Waals surface area (Å²) in [5, 5.41) is 5.50. The number of likely N-dealkylation sites (N-methyl/N-ethyl adjacent to an activating group) is 1. The van der Waals surface area contributed by atoms with Gasteiger partial charge in [-0.25, -0.2) is 9.78 Å². The summed E-state index contributed by atoms with van der Waals surface area (Å²) in [7, 11) is 2.00. The smallest absolute Gasteiger partial charge is 0.357 e. The number of thiazole rings is 1. The zero-order valence-corrected chi connectivity index (χ0v) is 13.9. The molecule has 1 fully saturated rings. The lowest BCUT2D eigenvalue weighted by molar-refractivity contribution is -0.126. The number of nitrogens with zero attached hydrogens (tertiary/aromatic N) is 2. The van der Waals surface area contributed by atoms with E-state index in [9.17, 15) is 9.59 Å². The first-order chi connectivity index (χ1) is 10.6. The number of carbonyl (C=O) groups excluding carboxylic acids is 2. The summed E-state index contributed by atoms with van der Waals surface area (Å²) in [6.45, 7) is 3.63. The van der Waals surface area contributed by atoms with Crippen LogP contribution < -0.4 is 5.32 Å². The lowest BCUT2D eigenvalue weighted by Gasteiger charge is -2.31. The lowest BCUT2D eigenvalue weighted by atomic mass is 10.0. The maximum atomic E-state index is 12.2. The number of esters is 1. The predicted octanol–water partition coefficient (Wildman–Crippen LogP) is 1.46. The molecule has 1 N–H and O–H groups in total. The van der Waals surface area contributed by atoms with E-state index < -0.39 is 5.97 Å². The number of carbonyl (C=O) groups is 2. The molecule has 0 saturated carbocycles. The molecule has 1 atom stereocenters. The summed E-state index contributed by atoms with van der Waals surface area (Å²) in [4.78, 5) is 30.0. The number of rotatable bonds is 6. The van der Waals surface area contributed by atoms with Gasteiger partial charge in [-0.1, -0.05) is 6.42 Å². The quantitative estimate of drug-likeness (QED) is 0.802. The number of hydrogen-bond acceptors (Lipinski definition) is 6. The summed E-state index contributed by atoms with van der Waals surface area (Å²) < 4.78 is 4.91. The van der Waals surface area contributed by atoms with Crippen molar-refractivity contribution in [3.63, 3.8) is 0 Å². The van der Waals surface area contributed by atoms with Crippen LogP contribution in [0.2, 0.25) is 0 Å². The highest BCUT2D eigenvalue weighted by atomic mass is 32.1. The molecule has 0 aliphatic carbocycles. The van der Waals surface area contributed by atoms with Crippen LogP contribution in [0.4, 0.5) is 0 Å². The first-order valence-corrected chi connectivity index (χ1v) is 8.59. The van der Waals surface area contributed by atoms with E-state index in [0.29, 0.717) is 25.3 Å². The van der Waals surface area contributed by atoms with E-state index in [2.05, 4.69) is 15.2 Å². The summed E-state index contributed by atoms with van der Waals surface area (Å²) >= 11 is 1.42. The molecule has 6 nitrogen and oxygen atoms in total. The number of nitrogens with one attached hydrogen (secondary N) is 1. The Labute approximate surface area is 134 Å². The molecule has 1 aromatic heterocycles. The van der Waals surface area contributed by atoms with Gasteiger partial charge in [-0.05, 0) is 33.4 Å². The third-order valence-electron chi connectivity index (χ3n) is 3.75. The van der Waals surface area contributed by atoms with Crippen molar-refractivity contribution in [3.05, 3.63) is 16.1 Å². The summed E-state index contributed by atoms with van der Waals surface area (Å²) in [5.41, 5.74) is 0.347. The van der Waals surface area contributed by atoms with E-state index in [-0.39, 0.29) is 11.9 Å². The Balaban J connectivity index is 1.76. The monoisotopic (exact) mass is 325 g/mol. The molecule has 122 valence electrons. The van der Waals surface area contributed by atoms with Gasteiger partial charge in [0.05, 0.1) is 17.7 Å². The Morgan fingerprint density at radius 1 is 1.50 bits per heavy atom. The molecule has 22 heavy (non-hydrogen) atoms. The lowest BCUT2D eigenvalue weighted by Crippen LogP contribution is -2.47. The molecule has 0 aromatic carbocycles. The molecule has 2 rings (SSSR count). The molecule has 7 heteroatoms. The normalized spacial score (nSPS) is 18.9. The zero-order valence-electron chi connectivity index (χ0n) is 13.1. The van der Waals surface area contributed by atoms with Crippen molar-refractivity contribution in [2.24, 2.45) is 0 Å². The predicted molar refractivity (Wildman–Crippen MR) is 85.1 cm³/mol. The molecule has 1 aromatic rings. The molecule has 0 spiro atoms. The van der Waals surface area contributed by atoms with Crippen LogP contribution in [0, 0.1) is 0 Å². The Bertz CT molecular complexity index is 518. The van der Waals surface area contributed by atoms with E-state index in [4.69, 9.17) is 4.74 Å². The van der Waals surface area contributed by atoms with Crippen molar-refractivity contribution in [3.8, 4) is 0 Å². The third-order valence-corrected chi connectivity index (χ3v) is 4.66. The first kappa shape index (κ1) is 16.9. The minimum Gasteiger partial charge on any atom is -0.461 e. The van der Waals surface area contributed by atoms with E-state index in [1.165, 1.54) is 11.3 Å². The van der Waals surface area contributed by atoms with E-state index in [0.717, 1.165) is 30.8 Å². The second-order valence-corrected chi connectivity index (χ2v) is 6.32. The van der Waals surface area contributed by atoms with Gasteiger partial charge < -0.3 is 10.1 Å². The highest BCUT2D eigenvalue weighted by molar-refractivity contribution is 7.09. The zero-order chi connectivity index (χ0) is 15.9. The summed E-state index contributed by atoms with van der Waals surface area (Å²) in [6, 6.07) is -0.0138. The van der Waals surface area contributed by atoms with Gasteiger partial charge in [0.1, 0.15) is 0 Å². The average molecular weight is 325 g/mol. The minimum atomic E-state index is -0.391. The Morgan fingerprint density at radius 3 is 3.05 bits per heavy atom. The molecule has 1 aliphatic heterocycles. The maximum Gasteiger partial charge on any atom is 0.357 e. The van der Waals surface area contributed by atoms with Crippen LogP contribution in [0.3, 0.4) is 0 Å². The largest absolute Gasteiger partial charge is 0.461 e.